The fourth-order valence-electron chi connectivity index (χ4n) is 4.82. The minimum atomic E-state index is -0.0822. The van der Waals surface area contributed by atoms with E-state index in [1.165, 1.54) is 11.1 Å². The molecule has 3 heterocycles. The largest absolute Gasteiger partial charge is 0.352 e. The zero-order valence-electron chi connectivity index (χ0n) is 18.9. The van der Waals surface area contributed by atoms with Gasteiger partial charge in [0.25, 0.3) is 0 Å². The van der Waals surface area contributed by atoms with Crippen LogP contribution in [0.5, 0.6) is 0 Å². The number of pyridine rings is 1. The van der Waals surface area contributed by atoms with Gasteiger partial charge in [-0.05, 0) is 67.5 Å². The van der Waals surface area contributed by atoms with Gasteiger partial charge in [0, 0.05) is 24.1 Å². The second-order valence-electron chi connectivity index (χ2n) is 8.47. The number of aryl methyl sites for hydroxylation is 1. The van der Waals surface area contributed by atoms with Gasteiger partial charge in [-0.1, -0.05) is 65.7 Å². The predicted octanol–water partition coefficient (Wildman–Crippen LogP) is 6.97. The molecule has 0 amide bonds. The molecule has 0 aliphatic carbocycles. The molecule has 2 aromatic heterocycles. The van der Waals surface area contributed by atoms with Crippen molar-refractivity contribution in [2.24, 2.45) is 0 Å². The van der Waals surface area contributed by atoms with Gasteiger partial charge in [-0.15, -0.1) is 0 Å². The second-order valence-corrected chi connectivity index (χ2v) is 9.65. The molecule has 0 radical (unpaired) electrons. The lowest BCUT2D eigenvalue weighted by molar-refractivity contribution is 0.310. The molecule has 1 fully saturated rings. The van der Waals surface area contributed by atoms with Crippen molar-refractivity contribution >= 4 is 40.5 Å². The second kappa shape index (κ2) is 9.41. The number of thiocarbonyl (C=S) groups is 1. The van der Waals surface area contributed by atoms with Crippen molar-refractivity contribution in [2.45, 2.75) is 32.5 Å². The first-order chi connectivity index (χ1) is 16.5. The van der Waals surface area contributed by atoms with Gasteiger partial charge in [-0.3, -0.25) is 4.98 Å². The first-order valence-corrected chi connectivity index (χ1v) is 12.3. The van der Waals surface area contributed by atoms with E-state index in [0.717, 1.165) is 27.9 Å². The molecule has 4 aromatic rings. The van der Waals surface area contributed by atoms with E-state index >= 15 is 0 Å². The van der Waals surface area contributed by atoms with Crippen molar-refractivity contribution in [1.82, 2.24) is 19.8 Å². The molecule has 2 aromatic carbocycles. The van der Waals surface area contributed by atoms with Crippen molar-refractivity contribution in [3.63, 3.8) is 0 Å². The molecule has 1 saturated heterocycles. The SMILES string of the molecule is Cc1cc(C2C(c3ccccn3)NC(=S)N2Cc2ccccc2)c(C)n1-c1cccc(Cl)c1Cl. The van der Waals surface area contributed by atoms with E-state index in [1.807, 2.05) is 42.6 Å². The van der Waals surface area contributed by atoms with Crippen LogP contribution in [0.4, 0.5) is 0 Å². The van der Waals surface area contributed by atoms with Crippen LogP contribution >= 0.6 is 35.4 Å². The monoisotopic (exact) mass is 506 g/mol. The Balaban J connectivity index is 1.64. The molecular formula is C27H24Cl2N4S. The molecule has 7 heteroatoms. The van der Waals surface area contributed by atoms with Crippen LogP contribution in [-0.4, -0.2) is 19.6 Å². The lowest BCUT2D eigenvalue weighted by Crippen LogP contribution is -2.29. The molecule has 2 atom stereocenters. The van der Waals surface area contributed by atoms with Crippen LogP contribution in [0.15, 0.2) is 79.0 Å². The van der Waals surface area contributed by atoms with Crippen LogP contribution < -0.4 is 5.32 Å². The van der Waals surface area contributed by atoms with Gasteiger partial charge in [-0.25, -0.2) is 0 Å². The van der Waals surface area contributed by atoms with E-state index in [9.17, 15) is 0 Å². The van der Waals surface area contributed by atoms with Crippen LogP contribution in [0, 0.1) is 13.8 Å². The maximum Gasteiger partial charge on any atom is 0.170 e. The first kappa shape index (κ1) is 22.9. The van der Waals surface area contributed by atoms with Gasteiger partial charge in [0.05, 0.1) is 33.5 Å². The van der Waals surface area contributed by atoms with Crippen molar-refractivity contribution in [1.29, 1.82) is 0 Å². The van der Waals surface area contributed by atoms with Crippen LogP contribution in [-0.2, 0) is 6.54 Å². The molecule has 4 nitrogen and oxygen atoms in total. The summed E-state index contributed by atoms with van der Waals surface area (Å²) in [6, 6.07) is 24.2. The standard InChI is InChI=1S/C27H24Cl2N4S/c1-17-15-20(18(2)33(17)23-13-8-11-21(28)24(23)29)26-25(22-12-6-7-14-30-22)31-27(34)32(26)16-19-9-4-3-5-10-19/h3-15,25-26H,16H2,1-2H3,(H,31,34). The number of halogens is 2. The van der Waals surface area contributed by atoms with Gasteiger partial charge in [0.1, 0.15) is 0 Å². The molecule has 1 aliphatic rings. The van der Waals surface area contributed by atoms with E-state index in [1.54, 1.807) is 6.07 Å². The summed E-state index contributed by atoms with van der Waals surface area (Å²) in [6.07, 6.45) is 1.83. The summed E-state index contributed by atoms with van der Waals surface area (Å²) in [5.41, 5.74) is 6.37. The van der Waals surface area contributed by atoms with Gasteiger partial charge < -0.3 is 14.8 Å². The molecule has 5 rings (SSSR count). The van der Waals surface area contributed by atoms with Crippen molar-refractivity contribution in [3.8, 4) is 5.69 Å². The number of nitrogens with one attached hydrogen (secondary N) is 1. The zero-order valence-corrected chi connectivity index (χ0v) is 21.2. The van der Waals surface area contributed by atoms with Crippen LogP contribution in [0.3, 0.4) is 0 Å². The third kappa shape index (κ3) is 4.09. The summed E-state index contributed by atoms with van der Waals surface area (Å²) in [4.78, 5) is 6.92. The Kier molecular flexibility index (Phi) is 6.34. The highest BCUT2D eigenvalue weighted by atomic mass is 35.5. The Morgan fingerprint density at radius 3 is 2.47 bits per heavy atom. The fourth-order valence-corrected chi connectivity index (χ4v) is 5.50. The van der Waals surface area contributed by atoms with Gasteiger partial charge in [0.2, 0.25) is 0 Å². The number of hydrogen-bond acceptors (Lipinski definition) is 2. The summed E-state index contributed by atoms with van der Waals surface area (Å²) >= 11 is 18.8. The van der Waals surface area contributed by atoms with Crippen LogP contribution in [0.1, 0.15) is 40.3 Å². The maximum atomic E-state index is 6.62. The third-order valence-corrected chi connectivity index (χ3v) is 7.52. The molecule has 34 heavy (non-hydrogen) atoms. The average molecular weight is 507 g/mol. The summed E-state index contributed by atoms with van der Waals surface area (Å²) in [5, 5.41) is 5.34. The zero-order chi connectivity index (χ0) is 23.8. The summed E-state index contributed by atoms with van der Waals surface area (Å²) < 4.78 is 2.17. The number of hydrogen-bond donors (Lipinski definition) is 1. The normalized spacial score (nSPS) is 17.8. The first-order valence-electron chi connectivity index (χ1n) is 11.1. The molecule has 0 spiro atoms. The third-order valence-electron chi connectivity index (χ3n) is 6.35. The lowest BCUT2D eigenvalue weighted by Gasteiger charge is -2.28. The quantitative estimate of drug-likeness (QED) is 0.296. The highest BCUT2D eigenvalue weighted by Crippen LogP contribution is 2.43. The van der Waals surface area contributed by atoms with Crippen LogP contribution in [0.25, 0.3) is 5.69 Å². The Labute approximate surface area is 215 Å². The van der Waals surface area contributed by atoms with Gasteiger partial charge in [0.15, 0.2) is 5.11 Å². The highest BCUT2D eigenvalue weighted by molar-refractivity contribution is 7.80. The highest BCUT2D eigenvalue weighted by Gasteiger charge is 2.41. The maximum absolute atomic E-state index is 6.62. The molecule has 0 saturated carbocycles. The molecule has 172 valence electrons. The van der Waals surface area contributed by atoms with Crippen molar-refractivity contribution in [3.05, 3.63) is 117 Å². The van der Waals surface area contributed by atoms with E-state index in [4.69, 9.17) is 35.4 Å². The fraction of sp³-hybridized carbons (Fsp3) is 0.185. The number of nitrogens with zero attached hydrogens (tertiary/aromatic N) is 3. The van der Waals surface area contributed by atoms with Gasteiger partial charge >= 0.3 is 0 Å². The average Bonchev–Trinajstić information content (AvgIpc) is 3.32. The van der Waals surface area contributed by atoms with Crippen molar-refractivity contribution in [2.75, 3.05) is 0 Å². The lowest BCUT2D eigenvalue weighted by atomic mass is 9.96. The number of aromatic nitrogens is 2. The van der Waals surface area contributed by atoms with E-state index in [-0.39, 0.29) is 12.1 Å². The van der Waals surface area contributed by atoms with E-state index in [2.05, 4.69) is 63.9 Å². The topological polar surface area (TPSA) is 33.1 Å². The Hall–Kier alpha value is -2.86. The van der Waals surface area contributed by atoms with E-state index < -0.39 is 0 Å². The van der Waals surface area contributed by atoms with Gasteiger partial charge in [-0.2, -0.15) is 0 Å². The Morgan fingerprint density at radius 1 is 0.971 bits per heavy atom. The molecule has 1 aliphatic heterocycles. The molecule has 2 unspecified atom stereocenters. The molecule has 0 bridgehead atoms. The minimum absolute atomic E-state index is 0.0412. The summed E-state index contributed by atoms with van der Waals surface area (Å²) in [7, 11) is 0. The summed E-state index contributed by atoms with van der Waals surface area (Å²) in [5.74, 6) is 0. The minimum Gasteiger partial charge on any atom is -0.352 e. The molecule has 1 N–H and O–H groups in total. The van der Waals surface area contributed by atoms with Crippen molar-refractivity contribution < 1.29 is 0 Å². The molecular weight excluding hydrogens is 483 g/mol. The van der Waals surface area contributed by atoms with Crippen LogP contribution in [0.2, 0.25) is 10.0 Å². The number of benzene rings is 2. The Morgan fingerprint density at radius 2 is 1.74 bits per heavy atom. The Bertz CT molecular complexity index is 1340. The summed E-state index contributed by atoms with van der Waals surface area (Å²) in [6.45, 7) is 4.91. The van der Waals surface area contributed by atoms with E-state index in [0.29, 0.717) is 16.6 Å². The smallest absolute Gasteiger partial charge is 0.170 e. The predicted molar refractivity (Wildman–Crippen MR) is 143 cm³/mol. The number of rotatable bonds is 5.